The summed E-state index contributed by atoms with van der Waals surface area (Å²) in [4.78, 5) is 24.8. The Morgan fingerprint density at radius 2 is 1.92 bits per heavy atom. The van der Waals surface area contributed by atoms with Crippen LogP contribution in [0.5, 0.6) is 0 Å². The first-order chi connectivity index (χ1) is 11.4. The van der Waals surface area contributed by atoms with Crippen LogP contribution >= 0.6 is 0 Å². The standard InChI is InChI=1S/C19H25F2NO2/c1-3-5-8-19(9-7-12(23)6-4-2)11-14-13(18(19)24)10-15(20)17(22)16(14)21/h10H,3-9,11,22H2,1-2H3. The molecule has 24 heavy (non-hydrogen) atoms. The Labute approximate surface area is 141 Å². The van der Waals surface area contributed by atoms with E-state index in [1.165, 1.54) is 0 Å². The third kappa shape index (κ3) is 3.35. The monoisotopic (exact) mass is 337 g/mol. The lowest BCUT2D eigenvalue weighted by Crippen LogP contribution is -2.29. The molecule has 1 atom stereocenters. The Balaban J connectivity index is 2.34. The fourth-order valence-electron chi connectivity index (χ4n) is 3.58. The minimum absolute atomic E-state index is 0.0956. The van der Waals surface area contributed by atoms with Crippen LogP contribution in [0.15, 0.2) is 6.07 Å². The highest BCUT2D eigenvalue weighted by atomic mass is 19.1. The Kier molecular flexibility index (Phi) is 5.73. The minimum Gasteiger partial charge on any atom is -0.394 e. The maximum Gasteiger partial charge on any atom is 0.169 e. The molecule has 0 amide bonds. The van der Waals surface area contributed by atoms with Crippen molar-refractivity contribution >= 4 is 17.3 Å². The summed E-state index contributed by atoms with van der Waals surface area (Å²) in [6, 6.07) is 1.05. The smallest absolute Gasteiger partial charge is 0.169 e. The van der Waals surface area contributed by atoms with E-state index in [0.717, 1.165) is 25.3 Å². The molecule has 0 aromatic heterocycles. The summed E-state index contributed by atoms with van der Waals surface area (Å²) in [5.41, 5.74) is 4.40. The van der Waals surface area contributed by atoms with Crippen molar-refractivity contribution in [3.05, 3.63) is 28.8 Å². The second kappa shape index (κ2) is 7.41. The first-order valence-electron chi connectivity index (χ1n) is 8.69. The van der Waals surface area contributed by atoms with Crippen molar-refractivity contribution in [3.63, 3.8) is 0 Å². The molecule has 1 aromatic rings. The van der Waals surface area contributed by atoms with E-state index in [1.807, 2.05) is 13.8 Å². The van der Waals surface area contributed by atoms with Crippen LogP contribution in [0.3, 0.4) is 0 Å². The molecule has 0 aliphatic heterocycles. The Morgan fingerprint density at radius 1 is 1.21 bits per heavy atom. The van der Waals surface area contributed by atoms with E-state index in [2.05, 4.69) is 0 Å². The fraction of sp³-hybridized carbons (Fsp3) is 0.579. The van der Waals surface area contributed by atoms with Gasteiger partial charge in [-0.05, 0) is 31.7 Å². The Bertz CT molecular complexity index is 657. The lowest BCUT2D eigenvalue weighted by molar-refractivity contribution is -0.119. The zero-order chi connectivity index (χ0) is 17.9. The average Bonchev–Trinajstić information content (AvgIpc) is 2.83. The van der Waals surface area contributed by atoms with Crippen molar-refractivity contribution in [1.82, 2.24) is 0 Å². The van der Waals surface area contributed by atoms with Crippen LogP contribution in [0.4, 0.5) is 14.5 Å². The van der Waals surface area contributed by atoms with E-state index in [4.69, 9.17) is 5.73 Å². The highest BCUT2D eigenvalue weighted by molar-refractivity contribution is 6.05. The third-order valence-electron chi connectivity index (χ3n) is 5.02. The van der Waals surface area contributed by atoms with Crippen molar-refractivity contribution in [3.8, 4) is 0 Å². The third-order valence-corrected chi connectivity index (χ3v) is 5.02. The van der Waals surface area contributed by atoms with Crippen LogP contribution in [0.2, 0.25) is 0 Å². The van der Waals surface area contributed by atoms with Gasteiger partial charge in [0.2, 0.25) is 0 Å². The largest absolute Gasteiger partial charge is 0.394 e. The van der Waals surface area contributed by atoms with Crippen LogP contribution in [-0.2, 0) is 11.2 Å². The van der Waals surface area contributed by atoms with Crippen LogP contribution in [0.1, 0.15) is 74.7 Å². The lowest BCUT2D eigenvalue weighted by Gasteiger charge is -2.27. The van der Waals surface area contributed by atoms with E-state index in [9.17, 15) is 18.4 Å². The molecule has 1 aromatic carbocycles. The van der Waals surface area contributed by atoms with Crippen LogP contribution < -0.4 is 5.73 Å². The normalized spacial score (nSPS) is 19.6. The summed E-state index contributed by atoms with van der Waals surface area (Å²) in [6.45, 7) is 3.95. The molecule has 5 heteroatoms. The van der Waals surface area contributed by atoms with Gasteiger partial charge in [-0.3, -0.25) is 9.59 Å². The number of hydrogen-bond donors (Lipinski definition) is 1. The molecule has 0 spiro atoms. The Hall–Kier alpha value is -1.78. The molecule has 1 aliphatic carbocycles. The first-order valence-corrected chi connectivity index (χ1v) is 8.69. The number of nitrogens with two attached hydrogens (primary N) is 1. The number of carbonyl (C=O) groups excluding carboxylic acids is 2. The predicted molar refractivity (Wildman–Crippen MR) is 89.9 cm³/mol. The van der Waals surface area contributed by atoms with Gasteiger partial charge in [0.25, 0.3) is 0 Å². The van der Waals surface area contributed by atoms with Gasteiger partial charge in [0, 0.05) is 29.4 Å². The molecule has 0 fully saturated rings. The van der Waals surface area contributed by atoms with Gasteiger partial charge in [-0.15, -0.1) is 0 Å². The average molecular weight is 337 g/mol. The van der Waals surface area contributed by atoms with Crippen LogP contribution in [0, 0.1) is 17.0 Å². The van der Waals surface area contributed by atoms with Crippen molar-refractivity contribution in [2.24, 2.45) is 5.41 Å². The molecule has 0 heterocycles. The van der Waals surface area contributed by atoms with E-state index < -0.39 is 22.7 Å². The fourth-order valence-corrected chi connectivity index (χ4v) is 3.58. The number of hydrogen-bond acceptors (Lipinski definition) is 3. The van der Waals surface area contributed by atoms with Crippen LogP contribution in [-0.4, -0.2) is 11.6 Å². The van der Waals surface area contributed by atoms with E-state index in [0.29, 0.717) is 25.7 Å². The summed E-state index contributed by atoms with van der Waals surface area (Å²) in [5, 5.41) is 0. The molecule has 3 nitrogen and oxygen atoms in total. The second-order valence-electron chi connectivity index (χ2n) is 6.79. The molecule has 0 radical (unpaired) electrons. The maximum absolute atomic E-state index is 14.3. The second-order valence-corrected chi connectivity index (χ2v) is 6.79. The zero-order valence-corrected chi connectivity index (χ0v) is 14.4. The number of ketones is 2. The van der Waals surface area contributed by atoms with Crippen molar-refractivity contribution in [2.45, 2.75) is 65.2 Å². The summed E-state index contributed by atoms with van der Waals surface area (Å²) >= 11 is 0. The zero-order valence-electron chi connectivity index (χ0n) is 14.4. The van der Waals surface area contributed by atoms with Gasteiger partial charge in [-0.1, -0.05) is 26.7 Å². The topological polar surface area (TPSA) is 60.2 Å². The number of carbonyl (C=O) groups is 2. The molecule has 1 aliphatic rings. The van der Waals surface area contributed by atoms with Gasteiger partial charge in [-0.2, -0.15) is 0 Å². The van der Waals surface area contributed by atoms with Crippen molar-refractivity contribution in [2.75, 3.05) is 5.73 Å². The highest BCUT2D eigenvalue weighted by Gasteiger charge is 2.46. The van der Waals surface area contributed by atoms with Gasteiger partial charge in [0.1, 0.15) is 17.3 Å². The lowest BCUT2D eigenvalue weighted by atomic mass is 9.74. The molecule has 0 saturated heterocycles. The summed E-state index contributed by atoms with van der Waals surface area (Å²) in [5.74, 6) is -1.85. The van der Waals surface area contributed by atoms with E-state index in [-0.39, 0.29) is 29.1 Å². The molecule has 2 N–H and O–H groups in total. The van der Waals surface area contributed by atoms with Gasteiger partial charge in [0.05, 0.1) is 0 Å². The number of anilines is 1. The Morgan fingerprint density at radius 3 is 2.54 bits per heavy atom. The highest BCUT2D eigenvalue weighted by Crippen LogP contribution is 2.46. The first kappa shape index (κ1) is 18.6. The molecule has 132 valence electrons. The molecule has 1 unspecified atom stereocenters. The van der Waals surface area contributed by atoms with E-state index >= 15 is 0 Å². The molecule has 2 rings (SSSR count). The van der Waals surface area contributed by atoms with Gasteiger partial charge < -0.3 is 5.73 Å². The number of fused-ring (bicyclic) bond motifs is 1. The summed E-state index contributed by atoms with van der Waals surface area (Å²) in [7, 11) is 0. The van der Waals surface area contributed by atoms with E-state index in [1.54, 1.807) is 0 Å². The number of benzene rings is 1. The number of Topliss-reactive ketones (excluding diaryl/α,β-unsaturated/α-hetero) is 2. The molecule has 0 saturated carbocycles. The molecular weight excluding hydrogens is 312 g/mol. The number of halogens is 2. The quantitative estimate of drug-likeness (QED) is 0.705. The maximum atomic E-state index is 14.3. The summed E-state index contributed by atoms with van der Waals surface area (Å²) in [6.07, 6.45) is 4.44. The van der Waals surface area contributed by atoms with Gasteiger partial charge in [0.15, 0.2) is 11.6 Å². The minimum atomic E-state index is -0.895. The number of rotatable bonds is 8. The number of nitrogen functional groups attached to an aromatic ring is 1. The predicted octanol–water partition coefficient (Wildman–Crippen LogP) is 4.61. The van der Waals surface area contributed by atoms with Crippen molar-refractivity contribution in [1.29, 1.82) is 0 Å². The summed E-state index contributed by atoms with van der Waals surface area (Å²) < 4.78 is 28.1. The van der Waals surface area contributed by atoms with Gasteiger partial charge >= 0.3 is 0 Å². The number of unbranched alkanes of at least 4 members (excludes halogenated alkanes) is 1. The SMILES string of the molecule is CCCCC1(CCC(=O)CCC)Cc2c(cc(F)c(N)c2F)C1=O. The molecule has 0 bridgehead atoms. The van der Waals surface area contributed by atoms with Crippen molar-refractivity contribution < 1.29 is 18.4 Å². The van der Waals surface area contributed by atoms with Gasteiger partial charge in [-0.25, -0.2) is 8.78 Å². The molecular formula is C19H25F2NO2. The van der Waals surface area contributed by atoms with Crippen LogP contribution in [0.25, 0.3) is 0 Å².